The Labute approximate surface area is 153 Å². The largest absolute Gasteiger partial charge is 0.339 e. The van der Waals surface area contributed by atoms with Gasteiger partial charge in [0.15, 0.2) is 11.6 Å². The number of rotatable bonds is 6. The lowest BCUT2D eigenvalue weighted by Crippen LogP contribution is -2.45. The molecule has 1 N–H and O–H groups in total. The summed E-state index contributed by atoms with van der Waals surface area (Å²) in [5.41, 5.74) is 0. The van der Waals surface area contributed by atoms with Gasteiger partial charge in [0, 0.05) is 25.6 Å². The maximum atomic E-state index is 12.5. The highest BCUT2D eigenvalue weighted by atomic mass is 16.5. The van der Waals surface area contributed by atoms with Gasteiger partial charge in [0.25, 0.3) is 0 Å². The van der Waals surface area contributed by atoms with E-state index in [1.54, 1.807) is 6.33 Å². The number of piperidine rings is 1. The van der Waals surface area contributed by atoms with E-state index >= 15 is 0 Å². The van der Waals surface area contributed by atoms with Gasteiger partial charge in [-0.15, -0.1) is 10.2 Å². The van der Waals surface area contributed by atoms with Gasteiger partial charge in [-0.2, -0.15) is 4.98 Å². The summed E-state index contributed by atoms with van der Waals surface area (Å²) in [6.45, 7) is 8.71. The average molecular weight is 361 g/mol. The molecule has 2 aromatic rings. The smallest absolute Gasteiger partial charge is 0.317 e. The third kappa shape index (κ3) is 4.20. The molecule has 1 unspecified atom stereocenters. The number of hydrogen-bond donors (Lipinski definition) is 1. The van der Waals surface area contributed by atoms with E-state index in [-0.39, 0.29) is 17.9 Å². The van der Waals surface area contributed by atoms with E-state index in [2.05, 4.69) is 32.6 Å². The van der Waals surface area contributed by atoms with Crippen molar-refractivity contribution in [1.82, 2.24) is 35.1 Å². The zero-order valence-corrected chi connectivity index (χ0v) is 15.7. The molecule has 0 saturated carbocycles. The number of nitrogens with zero attached hydrogens (tertiary/aromatic N) is 6. The van der Waals surface area contributed by atoms with Crippen molar-refractivity contribution in [2.24, 2.45) is 0 Å². The van der Waals surface area contributed by atoms with Crippen molar-refractivity contribution in [2.45, 2.75) is 65.0 Å². The quantitative estimate of drug-likeness (QED) is 0.847. The third-order valence-electron chi connectivity index (χ3n) is 4.59. The Balaban J connectivity index is 1.56. The van der Waals surface area contributed by atoms with Crippen LogP contribution in [0.3, 0.4) is 0 Å². The number of aryl methyl sites for hydroxylation is 1. The minimum absolute atomic E-state index is 0.0932. The number of carbonyl (C=O) groups is 1. The van der Waals surface area contributed by atoms with Gasteiger partial charge >= 0.3 is 6.03 Å². The van der Waals surface area contributed by atoms with Gasteiger partial charge in [-0.1, -0.05) is 25.9 Å². The number of likely N-dealkylation sites (tertiary alicyclic amines) is 1. The Morgan fingerprint density at radius 3 is 3.04 bits per heavy atom. The summed E-state index contributed by atoms with van der Waals surface area (Å²) in [5.74, 6) is 2.45. The molecule has 1 saturated heterocycles. The van der Waals surface area contributed by atoms with Gasteiger partial charge < -0.3 is 19.3 Å². The Morgan fingerprint density at radius 1 is 1.46 bits per heavy atom. The third-order valence-corrected chi connectivity index (χ3v) is 4.59. The summed E-state index contributed by atoms with van der Waals surface area (Å²) < 4.78 is 7.38. The van der Waals surface area contributed by atoms with Crippen LogP contribution in [0.1, 0.15) is 69.4 Å². The first kappa shape index (κ1) is 18.3. The molecule has 3 heterocycles. The lowest BCUT2D eigenvalue weighted by atomic mass is 9.98. The second-order valence-corrected chi connectivity index (χ2v) is 7.03. The lowest BCUT2D eigenvalue weighted by molar-refractivity contribution is 0.171. The molecule has 0 aromatic carbocycles. The number of amides is 2. The highest BCUT2D eigenvalue weighted by Gasteiger charge is 2.29. The second kappa shape index (κ2) is 8.29. The van der Waals surface area contributed by atoms with Crippen molar-refractivity contribution in [3.05, 3.63) is 23.9 Å². The van der Waals surface area contributed by atoms with Crippen LogP contribution in [0.5, 0.6) is 0 Å². The Morgan fingerprint density at radius 2 is 2.31 bits per heavy atom. The van der Waals surface area contributed by atoms with E-state index in [9.17, 15) is 4.79 Å². The predicted molar refractivity (Wildman–Crippen MR) is 94.5 cm³/mol. The number of aromatic nitrogens is 5. The Kier molecular flexibility index (Phi) is 5.85. The molecule has 2 aromatic heterocycles. The van der Waals surface area contributed by atoms with Crippen molar-refractivity contribution >= 4 is 6.03 Å². The van der Waals surface area contributed by atoms with Crippen LogP contribution in [-0.2, 0) is 13.1 Å². The average Bonchev–Trinajstić information content (AvgIpc) is 3.30. The normalized spacial score (nSPS) is 17.7. The van der Waals surface area contributed by atoms with E-state index in [4.69, 9.17) is 4.52 Å². The molecular weight excluding hydrogens is 334 g/mol. The van der Waals surface area contributed by atoms with Gasteiger partial charge in [0.05, 0.1) is 12.5 Å². The van der Waals surface area contributed by atoms with Crippen molar-refractivity contribution < 1.29 is 9.32 Å². The maximum absolute atomic E-state index is 12.5. The van der Waals surface area contributed by atoms with Crippen LogP contribution in [0.25, 0.3) is 0 Å². The SMILES string of the molecule is CCCn1cnnc1CNC(=O)N1CCCC(c2nc(C(C)C)no2)C1. The van der Waals surface area contributed by atoms with Crippen LogP contribution >= 0.6 is 0 Å². The first-order valence-corrected chi connectivity index (χ1v) is 9.31. The lowest BCUT2D eigenvalue weighted by Gasteiger charge is -2.31. The number of hydrogen-bond acceptors (Lipinski definition) is 6. The van der Waals surface area contributed by atoms with Crippen LogP contribution < -0.4 is 5.32 Å². The zero-order chi connectivity index (χ0) is 18.5. The molecule has 9 heteroatoms. The molecule has 1 atom stereocenters. The fourth-order valence-corrected chi connectivity index (χ4v) is 3.12. The number of carbonyl (C=O) groups excluding carboxylic acids is 1. The van der Waals surface area contributed by atoms with Crippen LogP contribution in [-0.4, -0.2) is 48.9 Å². The summed E-state index contributed by atoms with van der Waals surface area (Å²) in [4.78, 5) is 18.8. The highest BCUT2D eigenvalue weighted by Crippen LogP contribution is 2.26. The van der Waals surface area contributed by atoms with Crippen LogP contribution in [0.15, 0.2) is 10.9 Å². The van der Waals surface area contributed by atoms with E-state index in [1.807, 2.05) is 23.3 Å². The molecule has 1 fully saturated rings. The monoisotopic (exact) mass is 361 g/mol. The second-order valence-electron chi connectivity index (χ2n) is 7.03. The van der Waals surface area contributed by atoms with E-state index in [0.29, 0.717) is 19.0 Å². The molecule has 0 aliphatic carbocycles. The topological polar surface area (TPSA) is 102 Å². The van der Waals surface area contributed by atoms with Crippen molar-refractivity contribution in [3.8, 4) is 0 Å². The Hall–Kier alpha value is -2.45. The standard InChI is InChI=1S/C17H27N7O2/c1-4-7-24-11-19-21-14(24)9-18-17(25)23-8-5-6-13(10-23)16-20-15(12(2)3)22-26-16/h11-13H,4-10H2,1-3H3,(H,18,25). The molecule has 0 radical (unpaired) electrons. The molecule has 1 aliphatic rings. The molecule has 3 rings (SSSR count). The summed E-state index contributed by atoms with van der Waals surface area (Å²) in [6, 6.07) is -0.0932. The molecule has 0 bridgehead atoms. The van der Waals surface area contributed by atoms with Gasteiger partial charge in [-0.3, -0.25) is 0 Å². The summed E-state index contributed by atoms with van der Waals surface area (Å²) in [5, 5.41) is 15.0. The van der Waals surface area contributed by atoms with Crippen molar-refractivity contribution in [2.75, 3.05) is 13.1 Å². The summed E-state index contributed by atoms with van der Waals surface area (Å²) in [7, 11) is 0. The van der Waals surface area contributed by atoms with Crippen LogP contribution in [0.4, 0.5) is 4.79 Å². The molecular formula is C17H27N7O2. The van der Waals surface area contributed by atoms with Gasteiger partial charge in [-0.25, -0.2) is 4.79 Å². The van der Waals surface area contributed by atoms with Crippen LogP contribution in [0, 0.1) is 0 Å². The first-order valence-electron chi connectivity index (χ1n) is 9.31. The molecule has 1 aliphatic heterocycles. The maximum Gasteiger partial charge on any atom is 0.317 e. The summed E-state index contributed by atoms with van der Waals surface area (Å²) >= 11 is 0. The van der Waals surface area contributed by atoms with Crippen molar-refractivity contribution in [1.29, 1.82) is 0 Å². The van der Waals surface area contributed by atoms with Crippen molar-refractivity contribution in [3.63, 3.8) is 0 Å². The molecule has 26 heavy (non-hydrogen) atoms. The number of nitrogens with one attached hydrogen (secondary N) is 1. The fraction of sp³-hybridized carbons (Fsp3) is 0.706. The van der Waals surface area contributed by atoms with E-state index < -0.39 is 0 Å². The Bertz CT molecular complexity index is 724. The predicted octanol–water partition coefficient (Wildman–Crippen LogP) is 2.28. The first-order chi connectivity index (χ1) is 12.6. The van der Waals surface area contributed by atoms with E-state index in [0.717, 1.165) is 44.0 Å². The molecule has 9 nitrogen and oxygen atoms in total. The van der Waals surface area contributed by atoms with E-state index in [1.165, 1.54) is 0 Å². The van der Waals surface area contributed by atoms with Crippen LogP contribution in [0.2, 0.25) is 0 Å². The number of urea groups is 1. The minimum Gasteiger partial charge on any atom is -0.339 e. The van der Waals surface area contributed by atoms with Gasteiger partial charge in [-0.05, 0) is 19.3 Å². The molecule has 2 amide bonds. The minimum atomic E-state index is -0.0932. The molecule has 142 valence electrons. The van der Waals surface area contributed by atoms with Gasteiger partial charge in [0.1, 0.15) is 6.33 Å². The van der Waals surface area contributed by atoms with Gasteiger partial charge in [0.2, 0.25) is 5.89 Å². The molecule has 0 spiro atoms. The fourth-order valence-electron chi connectivity index (χ4n) is 3.12. The zero-order valence-electron chi connectivity index (χ0n) is 15.7. The summed E-state index contributed by atoms with van der Waals surface area (Å²) in [6.07, 6.45) is 4.57. The highest BCUT2D eigenvalue weighted by molar-refractivity contribution is 5.74.